The summed E-state index contributed by atoms with van der Waals surface area (Å²) in [5, 5.41) is 0.589. The highest BCUT2D eigenvalue weighted by Gasteiger charge is 2.44. The second kappa shape index (κ2) is 7.68. The molecule has 1 fully saturated rings. The third kappa shape index (κ3) is 3.52. The summed E-state index contributed by atoms with van der Waals surface area (Å²) in [6, 6.07) is 13.2. The van der Waals surface area contributed by atoms with Gasteiger partial charge in [0.1, 0.15) is 5.54 Å². The van der Waals surface area contributed by atoms with E-state index in [0.717, 1.165) is 29.8 Å². The number of fused-ring (bicyclic) bond motifs is 2. The number of nitrogens with zero attached hydrogens (tertiary/aromatic N) is 5. The number of amidine groups is 1. The van der Waals surface area contributed by atoms with Crippen molar-refractivity contribution < 1.29 is 4.39 Å². The van der Waals surface area contributed by atoms with Crippen LogP contribution in [0.1, 0.15) is 12.0 Å². The first-order valence-electron chi connectivity index (χ1n) is 9.84. The first kappa shape index (κ1) is 19.0. The summed E-state index contributed by atoms with van der Waals surface area (Å²) in [6.45, 7) is 1.48. The van der Waals surface area contributed by atoms with Crippen molar-refractivity contribution in [3.05, 3.63) is 72.6 Å². The highest BCUT2D eigenvalue weighted by Crippen LogP contribution is 2.43. The number of thioether (sulfide) groups is 1. The smallest absolute Gasteiger partial charge is 0.225 e. The quantitative estimate of drug-likeness (QED) is 0.654. The molecule has 30 heavy (non-hydrogen) atoms. The Bertz CT molecular complexity index is 1090. The largest absolute Gasteiger partial charge is 0.379 e. The van der Waals surface area contributed by atoms with Crippen molar-refractivity contribution in [2.75, 3.05) is 23.7 Å². The lowest BCUT2D eigenvalue weighted by atomic mass is 9.78. The standard InChI is InChI=1S/C22H21FN6S/c23-19-18(6-2-7-25-19)16-4-1-5-17(10-16)22-11-15(13-30-20(24)28-22)12-29(14-22)21-26-8-3-9-27-21/h1-10,15H,11-14H2,(H2,24,28)/t15-,22-/m1/s1. The summed E-state index contributed by atoms with van der Waals surface area (Å²) in [7, 11) is 0. The zero-order valence-corrected chi connectivity index (χ0v) is 17.1. The van der Waals surface area contributed by atoms with Crippen molar-refractivity contribution in [2.45, 2.75) is 12.0 Å². The number of rotatable bonds is 3. The summed E-state index contributed by atoms with van der Waals surface area (Å²) in [5.41, 5.74) is 8.00. The van der Waals surface area contributed by atoms with Crippen molar-refractivity contribution in [3.8, 4) is 11.1 Å². The monoisotopic (exact) mass is 420 g/mol. The van der Waals surface area contributed by atoms with Crippen molar-refractivity contribution in [1.29, 1.82) is 0 Å². The van der Waals surface area contributed by atoms with Gasteiger partial charge in [-0.1, -0.05) is 30.0 Å². The zero-order chi connectivity index (χ0) is 20.6. The van der Waals surface area contributed by atoms with E-state index in [1.54, 1.807) is 36.3 Å². The Morgan fingerprint density at radius 3 is 2.73 bits per heavy atom. The van der Waals surface area contributed by atoms with Crippen LogP contribution < -0.4 is 10.6 Å². The minimum Gasteiger partial charge on any atom is -0.379 e. The van der Waals surface area contributed by atoms with Crippen molar-refractivity contribution in [2.24, 2.45) is 16.6 Å². The predicted molar refractivity (Wildman–Crippen MR) is 118 cm³/mol. The Kier molecular flexibility index (Phi) is 4.86. The van der Waals surface area contributed by atoms with Gasteiger partial charge in [0.15, 0.2) is 5.17 Å². The molecule has 0 aliphatic carbocycles. The van der Waals surface area contributed by atoms with Gasteiger partial charge in [-0.3, -0.25) is 0 Å². The molecule has 2 N–H and O–H groups in total. The lowest BCUT2D eigenvalue weighted by Crippen LogP contribution is -2.50. The molecule has 0 unspecified atom stereocenters. The highest BCUT2D eigenvalue weighted by molar-refractivity contribution is 8.13. The van der Waals surface area contributed by atoms with Crippen LogP contribution in [-0.2, 0) is 5.54 Å². The number of anilines is 1. The molecule has 0 amide bonds. The first-order valence-corrected chi connectivity index (χ1v) is 10.8. The molecule has 2 aliphatic rings. The molecule has 2 aromatic heterocycles. The number of halogens is 1. The Hall–Kier alpha value is -3.00. The summed E-state index contributed by atoms with van der Waals surface area (Å²) in [5.74, 6) is 1.50. The second-order valence-corrected chi connectivity index (χ2v) is 8.75. The van der Waals surface area contributed by atoms with E-state index >= 15 is 0 Å². The van der Waals surface area contributed by atoms with Crippen molar-refractivity contribution in [1.82, 2.24) is 15.0 Å². The molecule has 0 saturated carbocycles. The molecule has 1 aromatic carbocycles. The third-order valence-electron chi connectivity index (χ3n) is 5.65. The number of aliphatic imine (C=N–C) groups is 1. The van der Waals surface area contributed by atoms with E-state index in [0.29, 0.717) is 29.1 Å². The molecule has 0 spiro atoms. The molecule has 1 saturated heterocycles. The molecule has 0 radical (unpaired) electrons. The van der Waals surface area contributed by atoms with Gasteiger partial charge in [0.05, 0.1) is 6.54 Å². The number of hydrogen-bond acceptors (Lipinski definition) is 7. The van der Waals surface area contributed by atoms with E-state index in [4.69, 9.17) is 10.7 Å². The lowest BCUT2D eigenvalue weighted by molar-refractivity contribution is 0.295. The van der Waals surface area contributed by atoms with Gasteiger partial charge in [-0.25, -0.2) is 19.9 Å². The summed E-state index contributed by atoms with van der Waals surface area (Å²) >= 11 is 1.60. The number of nitrogens with two attached hydrogens (primary N) is 1. The van der Waals surface area contributed by atoms with E-state index in [1.165, 1.54) is 6.20 Å². The average molecular weight is 421 g/mol. The van der Waals surface area contributed by atoms with Crippen LogP contribution in [0.3, 0.4) is 0 Å². The predicted octanol–water partition coefficient (Wildman–Crippen LogP) is 3.46. The maximum absolute atomic E-state index is 14.3. The maximum atomic E-state index is 14.3. The summed E-state index contributed by atoms with van der Waals surface area (Å²) in [6.07, 6.45) is 5.85. The van der Waals surface area contributed by atoms with Gasteiger partial charge in [-0.2, -0.15) is 4.39 Å². The molecule has 6 nitrogen and oxygen atoms in total. The van der Waals surface area contributed by atoms with E-state index in [-0.39, 0.29) is 0 Å². The molecule has 152 valence electrons. The van der Waals surface area contributed by atoms with Crippen LogP contribution in [-0.4, -0.2) is 39.0 Å². The second-order valence-electron chi connectivity index (χ2n) is 7.71. The number of pyridine rings is 1. The molecule has 2 bridgehead atoms. The van der Waals surface area contributed by atoms with Crippen LogP contribution in [0.5, 0.6) is 0 Å². The number of aromatic nitrogens is 3. The molecule has 2 atom stereocenters. The van der Waals surface area contributed by atoms with Gasteiger partial charge in [-0.05, 0) is 47.7 Å². The number of piperidine rings is 1. The van der Waals surface area contributed by atoms with Crippen LogP contribution >= 0.6 is 11.8 Å². The molecule has 3 aromatic rings. The number of hydrogen-bond donors (Lipinski definition) is 1. The zero-order valence-electron chi connectivity index (χ0n) is 16.3. The molecular formula is C22H21FN6S. The van der Waals surface area contributed by atoms with Crippen LogP contribution in [0.2, 0.25) is 0 Å². The molecular weight excluding hydrogens is 399 g/mol. The van der Waals surface area contributed by atoms with E-state index in [1.807, 2.05) is 24.3 Å². The molecule has 8 heteroatoms. The highest BCUT2D eigenvalue weighted by atomic mass is 32.2. The Morgan fingerprint density at radius 1 is 1.07 bits per heavy atom. The van der Waals surface area contributed by atoms with Crippen molar-refractivity contribution >= 4 is 22.9 Å². The fraction of sp³-hybridized carbons (Fsp3) is 0.273. The average Bonchev–Trinajstić information content (AvgIpc) is 2.90. The topological polar surface area (TPSA) is 80.3 Å². The molecule has 5 rings (SSSR count). The van der Waals surface area contributed by atoms with Gasteiger partial charge < -0.3 is 10.6 Å². The SMILES string of the molecule is NC1=N[C@]2(c3cccc(-c4cccnc4F)c3)C[C@@H](CS1)CN(c1ncccn1)C2. The first-order chi connectivity index (χ1) is 14.6. The van der Waals surface area contributed by atoms with E-state index < -0.39 is 11.5 Å². The lowest BCUT2D eigenvalue weighted by Gasteiger charge is -2.43. The maximum Gasteiger partial charge on any atom is 0.225 e. The minimum absolute atomic E-state index is 0.385. The van der Waals surface area contributed by atoms with Crippen LogP contribution in [0.15, 0.2) is 66.0 Å². The summed E-state index contributed by atoms with van der Waals surface area (Å²) < 4.78 is 14.3. The Balaban J connectivity index is 1.60. The molecule has 2 aliphatic heterocycles. The normalized spacial score (nSPS) is 23.6. The van der Waals surface area contributed by atoms with Crippen molar-refractivity contribution in [3.63, 3.8) is 0 Å². The van der Waals surface area contributed by atoms with Gasteiger partial charge >= 0.3 is 0 Å². The van der Waals surface area contributed by atoms with E-state index in [9.17, 15) is 4.39 Å². The van der Waals surface area contributed by atoms with E-state index in [2.05, 4.69) is 25.9 Å². The Labute approximate surface area is 178 Å². The van der Waals surface area contributed by atoms with Gasteiger partial charge in [0, 0.05) is 36.5 Å². The fourth-order valence-electron chi connectivity index (χ4n) is 4.40. The van der Waals surface area contributed by atoms with Gasteiger partial charge in [-0.15, -0.1) is 0 Å². The van der Waals surface area contributed by atoms with Gasteiger partial charge in [0.25, 0.3) is 0 Å². The minimum atomic E-state index is -0.537. The molecule has 4 heterocycles. The Morgan fingerprint density at radius 2 is 1.90 bits per heavy atom. The third-order valence-corrected chi connectivity index (χ3v) is 6.68. The summed E-state index contributed by atoms with van der Waals surface area (Å²) in [4.78, 5) is 19.9. The van der Waals surface area contributed by atoms with Crippen LogP contribution in [0, 0.1) is 11.9 Å². The van der Waals surface area contributed by atoms with Crippen LogP contribution in [0.4, 0.5) is 10.3 Å². The fourth-order valence-corrected chi connectivity index (χ4v) is 5.26. The van der Waals surface area contributed by atoms with Crippen LogP contribution in [0.25, 0.3) is 11.1 Å². The van der Waals surface area contributed by atoms with Gasteiger partial charge in [0.2, 0.25) is 11.9 Å². The number of benzene rings is 1.